The summed E-state index contributed by atoms with van der Waals surface area (Å²) in [5.74, 6) is -0.886. The Kier molecular flexibility index (Phi) is 9.74. The van der Waals surface area contributed by atoms with Gasteiger partial charge in [0.1, 0.15) is 5.82 Å². The number of carbonyl (C=O) groups excluding carboxylic acids is 2. The SMILES string of the molecule is CCOC(=O)CC(NC(=O)CC1(CN)CCCCC1)c1ccc(F)cc1.Cl. The second kappa shape index (κ2) is 11.2. The zero-order chi connectivity index (χ0) is 19.0. The Morgan fingerprint density at radius 1 is 1.22 bits per heavy atom. The van der Waals surface area contributed by atoms with E-state index in [4.69, 9.17) is 10.5 Å². The lowest BCUT2D eigenvalue weighted by atomic mass is 9.71. The molecule has 0 saturated heterocycles. The molecule has 1 aliphatic rings. The molecule has 7 heteroatoms. The number of halogens is 2. The smallest absolute Gasteiger partial charge is 0.308 e. The van der Waals surface area contributed by atoms with Gasteiger partial charge in [0.15, 0.2) is 0 Å². The molecule has 1 saturated carbocycles. The van der Waals surface area contributed by atoms with Crippen LogP contribution in [0.4, 0.5) is 4.39 Å². The highest BCUT2D eigenvalue weighted by atomic mass is 35.5. The van der Waals surface area contributed by atoms with Crippen molar-refractivity contribution in [1.82, 2.24) is 5.32 Å². The van der Waals surface area contributed by atoms with Gasteiger partial charge in [-0.25, -0.2) is 4.39 Å². The van der Waals surface area contributed by atoms with E-state index in [-0.39, 0.29) is 42.6 Å². The summed E-state index contributed by atoms with van der Waals surface area (Å²) in [6.07, 6.45) is 5.64. The summed E-state index contributed by atoms with van der Waals surface area (Å²) in [7, 11) is 0. The van der Waals surface area contributed by atoms with E-state index in [1.165, 1.54) is 18.6 Å². The molecule has 1 atom stereocenters. The Balaban J connectivity index is 0.00000364. The summed E-state index contributed by atoms with van der Waals surface area (Å²) in [5, 5.41) is 2.93. The first-order valence-electron chi connectivity index (χ1n) is 9.38. The third-order valence-electron chi connectivity index (χ3n) is 5.17. The minimum absolute atomic E-state index is 0. The molecule has 0 radical (unpaired) electrons. The van der Waals surface area contributed by atoms with Gasteiger partial charge in [0.25, 0.3) is 0 Å². The highest BCUT2D eigenvalue weighted by molar-refractivity contribution is 5.85. The highest BCUT2D eigenvalue weighted by Crippen LogP contribution is 2.38. The summed E-state index contributed by atoms with van der Waals surface area (Å²) >= 11 is 0. The second-order valence-electron chi connectivity index (χ2n) is 7.12. The normalized spacial score (nSPS) is 16.7. The van der Waals surface area contributed by atoms with Gasteiger partial charge in [0.05, 0.1) is 19.1 Å². The van der Waals surface area contributed by atoms with E-state index in [1.54, 1.807) is 19.1 Å². The van der Waals surface area contributed by atoms with Gasteiger partial charge < -0.3 is 15.8 Å². The fraction of sp³-hybridized carbons (Fsp3) is 0.600. The Morgan fingerprint density at radius 3 is 2.41 bits per heavy atom. The third kappa shape index (κ3) is 7.11. The molecule has 2 rings (SSSR count). The van der Waals surface area contributed by atoms with Crippen LogP contribution < -0.4 is 11.1 Å². The summed E-state index contributed by atoms with van der Waals surface area (Å²) in [6, 6.07) is 5.27. The lowest BCUT2D eigenvalue weighted by molar-refractivity contribution is -0.143. The van der Waals surface area contributed by atoms with E-state index in [9.17, 15) is 14.0 Å². The number of ether oxygens (including phenoxy) is 1. The zero-order valence-corrected chi connectivity index (χ0v) is 16.7. The second-order valence-corrected chi connectivity index (χ2v) is 7.12. The van der Waals surface area contributed by atoms with Crippen molar-refractivity contribution in [2.75, 3.05) is 13.2 Å². The van der Waals surface area contributed by atoms with E-state index in [0.717, 1.165) is 25.7 Å². The highest BCUT2D eigenvalue weighted by Gasteiger charge is 2.33. The molecule has 0 aromatic heterocycles. The molecule has 0 aliphatic heterocycles. The standard InChI is InChI=1S/C20H29FN2O3.ClH/c1-2-26-19(25)12-17(15-6-8-16(21)9-7-15)23-18(24)13-20(14-22)10-4-3-5-11-20;/h6-9,17H,2-5,10-14,22H2,1H3,(H,23,24);1H. The monoisotopic (exact) mass is 400 g/mol. The molecule has 5 nitrogen and oxygen atoms in total. The number of benzene rings is 1. The summed E-state index contributed by atoms with van der Waals surface area (Å²) in [5.41, 5.74) is 6.50. The maximum atomic E-state index is 13.2. The van der Waals surface area contributed by atoms with Crippen LogP contribution in [0.25, 0.3) is 0 Å². The van der Waals surface area contributed by atoms with Crippen LogP contribution in [0.2, 0.25) is 0 Å². The van der Waals surface area contributed by atoms with Gasteiger partial charge in [-0.1, -0.05) is 31.4 Å². The number of esters is 1. The fourth-order valence-electron chi connectivity index (χ4n) is 3.67. The van der Waals surface area contributed by atoms with Crippen LogP contribution in [-0.2, 0) is 14.3 Å². The molecule has 27 heavy (non-hydrogen) atoms. The molecule has 1 unspecified atom stereocenters. The van der Waals surface area contributed by atoms with E-state index < -0.39 is 12.0 Å². The van der Waals surface area contributed by atoms with E-state index in [1.807, 2.05) is 0 Å². The van der Waals surface area contributed by atoms with Crippen molar-refractivity contribution >= 4 is 24.3 Å². The van der Waals surface area contributed by atoms with Gasteiger partial charge >= 0.3 is 5.97 Å². The predicted molar refractivity (Wildman–Crippen MR) is 105 cm³/mol. The summed E-state index contributed by atoms with van der Waals surface area (Å²) in [6.45, 7) is 2.50. The van der Waals surface area contributed by atoms with Crippen LogP contribution in [0.1, 0.15) is 63.5 Å². The molecule has 3 N–H and O–H groups in total. The van der Waals surface area contributed by atoms with Gasteiger partial charge in [0.2, 0.25) is 5.91 Å². The Bertz CT molecular complexity index is 604. The van der Waals surface area contributed by atoms with E-state index in [2.05, 4.69) is 5.32 Å². The predicted octanol–water partition coefficient (Wildman–Crippen LogP) is 3.66. The average molecular weight is 401 g/mol. The molecule has 0 bridgehead atoms. The quantitative estimate of drug-likeness (QED) is 0.652. The number of rotatable bonds is 8. The minimum atomic E-state index is -0.541. The third-order valence-corrected chi connectivity index (χ3v) is 5.17. The summed E-state index contributed by atoms with van der Waals surface area (Å²) in [4.78, 5) is 24.6. The maximum absolute atomic E-state index is 13.2. The first-order valence-corrected chi connectivity index (χ1v) is 9.38. The molecule has 1 amide bonds. The minimum Gasteiger partial charge on any atom is -0.466 e. The van der Waals surface area contributed by atoms with Crippen LogP contribution in [0.5, 0.6) is 0 Å². The van der Waals surface area contributed by atoms with Gasteiger partial charge in [-0.15, -0.1) is 12.4 Å². The van der Waals surface area contributed by atoms with Gasteiger partial charge in [-0.3, -0.25) is 9.59 Å². The zero-order valence-electron chi connectivity index (χ0n) is 15.8. The topological polar surface area (TPSA) is 81.4 Å². The van der Waals surface area contributed by atoms with Crippen LogP contribution >= 0.6 is 12.4 Å². The van der Waals surface area contributed by atoms with Crippen LogP contribution in [0, 0.1) is 11.2 Å². The summed E-state index contributed by atoms with van der Waals surface area (Å²) < 4.78 is 18.2. The fourth-order valence-corrected chi connectivity index (χ4v) is 3.67. The van der Waals surface area contributed by atoms with Crippen molar-refractivity contribution in [2.24, 2.45) is 11.1 Å². The molecule has 1 aromatic rings. The molecule has 0 spiro atoms. The molecule has 0 heterocycles. The molecule has 152 valence electrons. The number of nitrogens with two attached hydrogens (primary N) is 1. The Hall–Kier alpha value is -1.66. The number of nitrogens with one attached hydrogen (secondary N) is 1. The molecular weight excluding hydrogens is 371 g/mol. The molecule has 1 fully saturated rings. The van der Waals surface area contributed by atoms with Gasteiger partial charge in [-0.2, -0.15) is 0 Å². The average Bonchev–Trinajstić information content (AvgIpc) is 2.62. The van der Waals surface area contributed by atoms with Crippen LogP contribution in [0.3, 0.4) is 0 Å². The van der Waals surface area contributed by atoms with Crippen molar-refractivity contribution in [3.63, 3.8) is 0 Å². The van der Waals surface area contributed by atoms with Crippen molar-refractivity contribution in [1.29, 1.82) is 0 Å². The van der Waals surface area contributed by atoms with Crippen molar-refractivity contribution < 1.29 is 18.7 Å². The van der Waals surface area contributed by atoms with E-state index >= 15 is 0 Å². The number of hydrogen-bond acceptors (Lipinski definition) is 4. The maximum Gasteiger partial charge on any atom is 0.308 e. The van der Waals surface area contributed by atoms with Crippen molar-refractivity contribution in [3.8, 4) is 0 Å². The lowest BCUT2D eigenvalue weighted by Crippen LogP contribution is -2.40. The largest absolute Gasteiger partial charge is 0.466 e. The van der Waals surface area contributed by atoms with Gasteiger partial charge in [-0.05, 0) is 49.4 Å². The van der Waals surface area contributed by atoms with Crippen molar-refractivity contribution in [2.45, 2.75) is 57.9 Å². The number of carbonyl (C=O) groups is 2. The van der Waals surface area contributed by atoms with Gasteiger partial charge in [0, 0.05) is 6.42 Å². The van der Waals surface area contributed by atoms with E-state index in [0.29, 0.717) is 18.5 Å². The lowest BCUT2D eigenvalue weighted by Gasteiger charge is -2.36. The number of hydrogen-bond donors (Lipinski definition) is 2. The molecule has 1 aliphatic carbocycles. The Morgan fingerprint density at radius 2 is 1.85 bits per heavy atom. The van der Waals surface area contributed by atoms with Crippen LogP contribution in [0.15, 0.2) is 24.3 Å². The first kappa shape index (κ1) is 23.4. The Labute approximate surface area is 166 Å². The first-order chi connectivity index (χ1) is 12.5. The molecule has 1 aromatic carbocycles. The van der Waals surface area contributed by atoms with Crippen molar-refractivity contribution in [3.05, 3.63) is 35.6 Å². The number of amides is 1. The van der Waals surface area contributed by atoms with Crippen LogP contribution in [-0.4, -0.2) is 25.0 Å². The molecular formula is C20H30ClFN2O3.